The number of nitrogens with one attached hydrogen (secondary N) is 1. The lowest BCUT2D eigenvalue weighted by molar-refractivity contribution is 0.0535. The van der Waals surface area contributed by atoms with Gasteiger partial charge in [0.25, 0.3) is 0 Å². The van der Waals surface area contributed by atoms with Gasteiger partial charge in [0, 0.05) is 30.8 Å². The topological polar surface area (TPSA) is 113 Å². The lowest BCUT2D eigenvalue weighted by atomic mass is 9.95. The van der Waals surface area contributed by atoms with E-state index in [9.17, 15) is 15.2 Å². The van der Waals surface area contributed by atoms with Crippen LogP contribution < -0.4 is 5.32 Å². The number of nitrogens with zero attached hydrogens (tertiary/aromatic N) is 4. The molecule has 2 aliphatic rings. The van der Waals surface area contributed by atoms with E-state index in [2.05, 4.69) is 21.5 Å². The summed E-state index contributed by atoms with van der Waals surface area (Å²) in [7, 11) is 0. The van der Waals surface area contributed by atoms with Crippen LogP contribution in [0.5, 0.6) is 0 Å². The van der Waals surface area contributed by atoms with Crippen LogP contribution in [-0.2, 0) is 17.9 Å². The number of nitriles is 1. The zero-order chi connectivity index (χ0) is 22.2. The maximum absolute atomic E-state index is 11.7. The van der Waals surface area contributed by atoms with Crippen molar-refractivity contribution in [2.75, 3.05) is 6.54 Å². The molecule has 0 saturated heterocycles. The first kappa shape index (κ1) is 20.4. The summed E-state index contributed by atoms with van der Waals surface area (Å²) < 4.78 is 6.75. The molecule has 5 rings (SSSR count). The van der Waals surface area contributed by atoms with Crippen molar-refractivity contribution in [3.63, 3.8) is 0 Å². The fourth-order valence-corrected chi connectivity index (χ4v) is 4.10. The number of hydrogen-bond acceptors (Lipinski definition) is 7. The molecule has 162 valence electrons. The fourth-order valence-electron chi connectivity index (χ4n) is 4.10. The zero-order valence-electron chi connectivity index (χ0n) is 17.7. The van der Waals surface area contributed by atoms with Crippen LogP contribution in [0.1, 0.15) is 68.7 Å². The van der Waals surface area contributed by atoms with Crippen LogP contribution in [0.4, 0.5) is 0 Å². The van der Waals surface area contributed by atoms with E-state index in [-0.39, 0.29) is 12.6 Å². The highest BCUT2D eigenvalue weighted by Gasteiger charge is 2.29. The molecular formula is C24H23N5O3. The number of aliphatic hydroxyl groups is 1. The predicted octanol–water partition coefficient (Wildman–Crippen LogP) is 2.82. The number of pyridine rings is 1. The Balaban J connectivity index is 1.20. The number of cyclic esters (lactones) is 1. The van der Waals surface area contributed by atoms with Gasteiger partial charge in [0.15, 0.2) is 5.82 Å². The van der Waals surface area contributed by atoms with Crippen molar-refractivity contribution in [3.05, 3.63) is 75.7 Å². The van der Waals surface area contributed by atoms with E-state index < -0.39 is 6.10 Å². The Bertz CT molecular complexity index is 1220. The highest BCUT2D eigenvalue weighted by atomic mass is 16.5. The first-order valence-electron chi connectivity index (χ1n) is 10.7. The second-order valence-corrected chi connectivity index (χ2v) is 8.31. The summed E-state index contributed by atoms with van der Waals surface area (Å²) in [6, 6.07) is 9.56. The largest absolute Gasteiger partial charge is 0.457 e. The molecule has 0 radical (unpaired) electrons. The van der Waals surface area contributed by atoms with Gasteiger partial charge in [0.2, 0.25) is 0 Å². The quantitative estimate of drug-likeness (QED) is 0.555. The van der Waals surface area contributed by atoms with Gasteiger partial charge >= 0.3 is 5.97 Å². The molecule has 1 aliphatic heterocycles. The third kappa shape index (κ3) is 3.77. The number of esters is 1. The number of benzene rings is 1. The summed E-state index contributed by atoms with van der Waals surface area (Å²) >= 11 is 0. The molecular weight excluding hydrogens is 406 g/mol. The first-order valence-corrected chi connectivity index (χ1v) is 10.7. The van der Waals surface area contributed by atoms with Gasteiger partial charge in [0.1, 0.15) is 12.7 Å². The van der Waals surface area contributed by atoms with Gasteiger partial charge in [-0.3, -0.25) is 0 Å². The summed E-state index contributed by atoms with van der Waals surface area (Å²) in [5.41, 5.74) is 5.59. The van der Waals surface area contributed by atoms with Crippen LogP contribution in [0.3, 0.4) is 0 Å². The van der Waals surface area contributed by atoms with E-state index in [0.29, 0.717) is 36.0 Å². The molecule has 32 heavy (non-hydrogen) atoms. The standard InChI is InChI=1S/C24H23N5O3/c1-14-18(5-6-19-20(14)13-32-24(19)31)21(30)11-26-9-15-2-7-22(27-10-15)29-12-17(8-25)23(28-29)16-3-4-16/h2,5-7,10,12,16,21,26,30H,3-4,9,11,13H2,1H3/t21-/m0/s1. The maximum atomic E-state index is 11.7. The Morgan fingerprint density at radius 1 is 1.34 bits per heavy atom. The summed E-state index contributed by atoms with van der Waals surface area (Å²) in [4.78, 5) is 16.2. The average molecular weight is 429 g/mol. The maximum Gasteiger partial charge on any atom is 0.338 e. The number of hydrogen-bond donors (Lipinski definition) is 2. The highest BCUT2D eigenvalue weighted by molar-refractivity contribution is 5.93. The molecule has 1 aromatic carbocycles. The Labute approximate surface area is 185 Å². The van der Waals surface area contributed by atoms with E-state index in [1.54, 1.807) is 29.2 Å². The molecule has 2 aromatic heterocycles. The van der Waals surface area contributed by atoms with Crippen molar-refractivity contribution in [3.8, 4) is 11.9 Å². The summed E-state index contributed by atoms with van der Waals surface area (Å²) in [6.07, 6.45) is 4.99. The average Bonchev–Trinajstić information content (AvgIpc) is 3.44. The minimum Gasteiger partial charge on any atom is -0.457 e. The molecule has 8 heteroatoms. The van der Waals surface area contributed by atoms with Gasteiger partial charge in [0.05, 0.1) is 29.1 Å². The normalized spacial score (nSPS) is 15.8. The van der Waals surface area contributed by atoms with Crippen molar-refractivity contribution in [1.29, 1.82) is 5.26 Å². The van der Waals surface area contributed by atoms with Crippen LogP contribution in [0.2, 0.25) is 0 Å². The Morgan fingerprint density at radius 3 is 2.91 bits per heavy atom. The minimum atomic E-state index is -0.697. The molecule has 0 spiro atoms. The Kier molecular flexibility index (Phi) is 5.21. The lowest BCUT2D eigenvalue weighted by Crippen LogP contribution is -2.22. The monoisotopic (exact) mass is 429 g/mol. The number of ether oxygens (including phenoxy) is 1. The van der Waals surface area contributed by atoms with Crippen molar-refractivity contribution in [2.45, 2.75) is 44.9 Å². The van der Waals surface area contributed by atoms with Crippen LogP contribution >= 0.6 is 0 Å². The number of carbonyl (C=O) groups excluding carboxylic acids is 1. The van der Waals surface area contributed by atoms with Gasteiger partial charge in [-0.25, -0.2) is 14.5 Å². The van der Waals surface area contributed by atoms with Crippen LogP contribution in [-0.4, -0.2) is 32.4 Å². The van der Waals surface area contributed by atoms with E-state index >= 15 is 0 Å². The molecule has 2 N–H and O–H groups in total. The van der Waals surface area contributed by atoms with Crippen molar-refractivity contribution < 1.29 is 14.6 Å². The lowest BCUT2D eigenvalue weighted by Gasteiger charge is -2.16. The number of carbonyl (C=O) groups is 1. The van der Waals surface area contributed by atoms with Crippen molar-refractivity contribution >= 4 is 5.97 Å². The van der Waals surface area contributed by atoms with E-state index in [4.69, 9.17) is 4.74 Å². The third-order valence-electron chi connectivity index (χ3n) is 6.10. The molecule has 3 heterocycles. The number of fused-ring (bicyclic) bond motifs is 1. The van der Waals surface area contributed by atoms with E-state index in [1.807, 2.05) is 19.1 Å². The van der Waals surface area contributed by atoms with Crippen LogP contribution in [0, 0.1) is 18.3 Å². The highest BCUT2D eigenvalue weighted by Crippen LogP contribution is 2.40. The van der Waals surface area contributed by atoms with E-state index in [0.717, 1.165) is 40.8 Å². The summed E-state index contributed by atoms with van der Waals surface area (Å²) in [5, 5.41) is 27.8. The summed E-state index contributed by atoms with van der Waals surface area (Å²) in [5.74, 6) is 0.770. The van der Waals surface area contributed by atoms with Gasteiger partial charge in [-0.2, -0.15) is 10.4 Å². The molecule has 1 saturated carbocycles. The molecule has 1 aliphatic carbocycles. The van der Waals surface area contributed by atoms with Gasteiger partial charge in [-0.15, -0.1) is 0 Å². The third-order valence-corrected chi connectivity index (χ3v) is 6.10. The molecule has 0 amide bonds. The van der Waals surface area contributed by atoms with Gasteiger partial charge in [-0.1, -0.05) is 12.1 Å². The fraction of sp³-hybridized carbons (Fsp3) is 0.333. The van der Waals surface area contributed by atoms with Crippen molar-refractivity contribution in [2.24, 2.45) is 0 Å². The minimum absolute atomic E-state index is 0.264. The molecule has 3 aromatic rings. The molecule has 0 bridgehead atoms. The number of aliphatic hydroxyl groups excluding tert-OH is 1. The molecule has 8 nitrogen and oxygen atoms in total. The number of aromatic nitrogens is 3. The predicted molar refractivity (Wildman–Crippen MR) is 115 cm³/mol. The van der Waals surface area contributed by atoms with Gasteiger partial charge < -0.3 is 15.2 Å². The smallest absolute Gasteiger partial charge is 0.338 e. The second-order valence-electron chi connectivity index (χ2n) is 8.31. The Hall–Kier alpha value is -3.54. The van der Waals surface area contributed by atoms with Crippen LogP contribution in [0.15, 0.2) is 36.7 Å². The SMILES string of the molecule is Cc1c([C@@H](O)CNCc2ccc(-n3cc(C#N)c(C4CC4)n3)nc2)ccc2c1COC2=O. The van der Waals surface area contributed by atoms with Crippen LogP contribution in [0.25, 0.3) is 5.82 Å². The summed E-state index contributed by atoms with van der Waals surface area (Å²) in [6.45, 7) is 3.08. The van der Waals surface area contributed by atoms with Gasteiger partial charge in [-0.05, 0) is 48.6 Å². The van der Waals surface area contributed by atoms with E-state index in [1.165, 1.54) is 0 Å². The molecule has 1 atom stereocenters. The second kappa shape index (κ2) is 8.19. The van der Waals surface area contributed by atoms with Crippen molar-refractivity contribution in [1.82, 2.24) is 20.1 Å². The Morgan fingerprint density at radius 2 is 2.19 bits per heavy atom. The first-order chi connectivity index (χ1) is 15.5. The molecule has 0 unspecified atom stereocenters. The zero-order valence-corrected chi connectivity index (χ0v) is 17.7. The molecule has 1 fully saturated rings. The number of rotatable bonds is 7.